The Labute approximate surface area is 144 Å². The monoisotopic (exact) mass is 344 g/mol. The molecular formula is C17H20N4O2S. The first-order chi connectivity index (χ1) is 11.6. The van der Waals surface area contributed by atoms with E-state index in [0.29, 0.717) is 24.8 Å². The maximum atomic E-state index is 11.9. The van der Waals surface area contributed by atoms with Crippen LogP contribution in [-0.4, -0.2) is 40.6 Å². The van der Waals surface area contributed by atoms with Crippen LogP contribution in [0.2, 0.25) is 0 Å². The van der Waals surface area contributed by atoms with E-state index in [4.69, 9.17) is 0 Å². The molecule has 0 unspecified atom stereocenters. The quantitative estimate of drug-likeness (QED) is 0.455. The Morgan fingerprint density at radius 1 is 1.17 bits per heavy atom. The van der Waals surface area contributed by atoms with Gasteiger partial charge in [0, 0.05) is 31.3 Å². The van der Waals surface area contributed by atoms with Crippen LogP contribution in [0.3, 0.4) is 0 Å². The maximum absolute atomic E-state index is 11.9. The summed E-state index contributed by atoms with van der Waals surface area (Å²) in [5, 5.41) is 7.28. The summed E-state index contributed by atoms with van der Waals surface area (Å²) in [6.45, 7) is 2.32. The van der Waals surface area contributed by atoms with Crippen LogP contribution >= 0.6 is 11.8 Å². The zero-order valence-electron chi connectivity index (χ0n) is 13.5. The molecule has 0 radical (unpaired) electrons. The van der Waals surface area contributed by atoms with Crippen LogP contribution in [0.1, 0.15) is 31.5 Å². The van der Waals surface area contributed by atoms with E-state index in [2.05, 4.69) is 20.6 Å². The number of rotatable bonds is 7. The van der Waals surface area contributed by atoms with Crippen molar-refractivity contribution in [2.75, 3.05) is 18.8 Å². The normalized spacial score (nSPS) is 13.7. The maximum Gasteiger partial charge on any atom is 0.230 e. The van der Waals surface area contributed by atoms with Crippen LogP contribution in [0.25, 0.3) is 10.9 Å². The Morgan fingerprint density at radius 2 is 1.92 bits per heavy atom. The van der Waals surface area contributed by atoms with Gasteiger partial charge in [-0.3, -0.25) is 9.59 Å². The summed E-state index contributed by atoms with van der Waals surface area (Å²) < 4.78 is 0. The minimum atomic E-state index is -0.0984. The van der Waals surface area contributed by atoms with Gasteiger partial charge in [0.1, 0.15) is 10.9 Å². The van der Waals surface area contributed by atoms with Crippen molar-refractivity contribution < 1.29 is 9.59 Å². The van der Waals surface area contributed by atoms with Crippen molar-refractivity contribution in [3.8, 4) is 0 Å². The van der Waals surface area contributed by atoms with Gasteiger partial charge < -0.3 is 10.6 Å². The number of hydrogen-bond donors (Lipinski definition) is 2. The summed E-state index contributed by atoms with van der Waals surface area (Å²) in [6, 6.07) is 7.90. The molecule has 1 aromatic carbocycles. The highest BCUT2D eigenvalue weighted by molar-refractivity contribution is 8.00. The molecule has 1 aliphatic carbocycles. The number of hydrogen-bond acceptors (Lipinski definition) is 5. The number of aromatic nitrogens is 2. The highest BCUT2D eigenvalue weighted by Gasteiger charge is 2.27. The van der Waals surface area contributed by atoms with Crippen LogP contribution in [0.5, 0.6) is 0 Å². The molecule has 0 atom stereocenters. The Hall–Kier alpha value is -2.15. The van der Waals surface area contributed by atoms with Crippen molar-refractivity contribution in [2.45, 2.75) is 30.7 Å². The Morgan fingerprint density at radius 3 is 2.67 bits per heavy atom. The van der Waals surface area contributed by atoms with Crippen LogP contribution in [0, 0.1) is 0 Å². The topological polar surface area (TPSA) is 84.0 Å². The molecule has 2 amide bonds. The second-order valence-corrected chi connectivity index (χ2v) is 6.76. The lowest BCUT2D eigenvalue weighted by Crippen LogP contribution is -2.34. The fourth-order valence-corrected chi connectivity index (χ4v) is 3.18. The molecule has 1 saturated carbocycles. The number of fused-ring (bicyclic) bond motifs is 1. The summed E-state index contributed by atoms with van der Waals surface area (Å²) >= 11 is 1.43. The standard InChI is InChI=1S/C17H20N4O2S/c1-11(22)18-8-9-19-15(23)10-24-17-13-4-2-3-5-14(13)20-16(21-17)12-6-7-12/h2-5,12H,6-10H2,1H3,(H,18,22)(H,19,23). The van der Waals surface area contributed by atoms with Gasteiger partial charge in [-0.1, -0.05) is 30.0 Å². The lowest BCUT2D eigenvalue weighted by molar-refractivity contribution is -0.120. The molecule has 0 bridgehead atoms. The Balaban J connectivity index is 1.62. The molecule has 24 heavy (non-hydrogen) atoms. The SMILES string of the molecule is CC(=O)NCCNC(=O)CSc1nc(C2CC2)nc2ccccc12. The van der Waals surface area contributed by atoms with Gasteiger partial charge in [-0.2, -0.15) is 0 Å². The highest BCUT2D eigenvalue weighted by atomic mass is 32.2. The molecule has 0 saturated heterocycles. The minimum absolute atomic E-state index is 0.0685. The second kappa shape index (κ2) is 7.61. The Bertz CT molecular complexity index is 761. The van der Waals surface area contributed by atoms with Crippen molar-refractivity contribution in [1.29, 1.82) is 0 Å². The van der Waals surface area contributed by atoms with E-state index < -0.39 is 0 Å². The van der Waals surface area contributed by atoms with Gasteiger partial charge >= 0.3 is 0 Å². The number of nitrogens with zero attached hydrogens (tertiary/aromatic N) is 2. The molecule has 7 heteroatoms. The third kappa shape index (κ3) is 4.44. The third-order valence-electron chi connectivity index (χ3n) is 3.69. The summed E-state index contributed by atoms with van der Waals surface area (Å²) in [5.74, 6) is 1.49. The lowest BCUT2D eigenvalue weighted by atomic mass is 10.2. The van der Waals surface area contributed by atoms with Gasteiger partial charge in [0.15, 0.2) is 0 Å². The molecule has 0 spiro atoms. The number of nitrogens with one attached hydrogen (secondary N) is 2. The van der Waals surface area contributed by atoms with Crippen LogP contribution in [0.4, 0.5) is 0 Å². The van der Waals surface area contributed by atoms with Gasteiger partial charge in [-0.15, -0.1) is 0 Å². The van der Waals surface area contributed by atoms with E-state index in [1.165, 1.54) is 18.7 Å². The number of thioether (sulfide) groups is 1. The fraction of sp³-hybridized carbons (Fsp3) is 0.412. The van der Waals surface area contributed by atoms with E-state index in [0.717, 1.165) is 34.6 Å². The number of carbonyl (C=O) groups is 2. The highest BCUT2D eigenvalue weighted by Crippen LogP contribution is 2.39. The molecule has 1 aliphatic rings. The molecule has 1 aromatic heterocycles. The third-order valence-corrected chi connectivity index (χ3v) is 4.68. The molecule has 126 valence electrons. The van der Waals surface area contributed by atoms with Crippen LogP contribution < -0.4 is 10.6 Å². The molecule has 1 heterocycles. The minimum Gasteiger partial charge on any atom is -0.355 e. The average Bonchev–Trinajstić information content (AvgIpc) is 3.41. The number of amides is 2. The molecule has 1 fully saturated rings. The zero-order chi connectivity index (χ0) is 16.9. The van der Waals surface area contributed by atoms with Gasteiger partial charge in [-0.25, -0.2) is 9.97 Å². The first kappa shape index (κ1) is 16.7. The van der Waals surface area contributed by atoms with E-state index in [9.17, 15) is 9.59 Å². The average molecular weight is 344 g/mol. The molecule has 2 N–H and O–H groups in total. The zero-order valence-corrected chi connectivity index (χ0v) is 14.4. The van der Waals surface area contributed by atoms with Crippen LogP contribution in [-0.2, 0) is 9.59 Å². The fourth-order valence-electron chi connectivity index (χ4n) is 2.32. The second-order valence-electron chi connectivity index (χ2n) is 5.80. The summed E-state index contributed by atoms with van der Waals surface area (Å²) in [4.78, 5) is 32.0. The summed E-state index contributed by atoms with van der Waals surface area (Å²) in [6.07, 6.45) is 2.29. The molecule has 6 nitrogen and oxygen atoms in total. The van der Waals surface area contributed by atoms with E-state index in [1.54, 1.807) is 0 Å². The summed E-state index contributed by atoms with van der Waals surface area (Å²) in [5.41, 5.74) is 0.933. The van der Waals surface area contributed by atoms with E-state index in [-0.39, 0.29) is 11.8 Å². The number of carbonyl (C=O) groups excluding carboxylic acids is 2. The lowest BCUT2D eigenvalue weighted by Gasteiger charge is -2.08. The van der Waals surface area contributed by atoms with Crippen molar-refractivity contribution in [3.05, 3.63) is 30.1 Å². The van der Waals surface area contributed by atoms with Crippen molar-refractivity contribution in [3.63, 3.8) is 0 Å². The van der Waals surface area contributed by atoms with Gasteiger partial charge in [0.2, 0.25) is 11.8 Å². The van der Waals surface area contributed by atoms with Crippen molar-refractivity contribution in [2.24, 2.45) is 0 Å². The van der Waals surface area contributed by atoms with Crippen molar-refractivity contribution >= 4 is 34.5 Å². The van der Waals surface area contributed by atoms with Crippen molar-refractivity contribution in [1.82, 2.24) is 20.6 Å². The first-order valence-corrected chi connectivity index (χ1v) is 9.02. The molecule has 2 aromatic rings. The van der Waals surface area contributed by atoms with Gasteiger partial charge in [-0.05, 0) is 18.9 Å². The number of benzene rings is 1. The molecule has 3 rings (SSSR count). The smallest absolute Gasteiger partial charge is 0.230 e. The van der Waals surface area contributed by atoms with Gasteiger partial charge in [0.25, 0.3) is 0 Å². The van der Waals surface area contributed by atoms with Gasteiger partial charge in [0.05, 0.1) is 11.3 Å². The van der Waals surface area contributed by atoms with Crippen LogP contribution in [0.15, 0.2) is 29.3 Å². The molecular weight excluding hydrogens is 324 g/mol. The molecule has 0 aliphatic heterocycles. The first-order valence-electron chi connectivity index (χ1n) is 8.04. The summed E-state index contributed by atoms with van der Waals surface area (Å²) in [7, 11) is 0. The predicted molar refractivity (Wildman–Crippen MR) is 93.9 cm³/mol. The van der Waals surface area contributed by atoms with E-state index in [1.807, 2.05) is 24.3 Å². The Kier molecular flexibility index (Phi) is 5.30. The largest absolute Gasteiger partial charge is 0.355 e. The van der Waals surface area contributed by atoms with E-state index >= 15 is 0 Å². The number of para-hydroxylation sites is 1. The predicted octanol–water partition coefficient (Wildman–Crippen LogP) is 1.85.